The molecule has 11 nitrogen and oxygen atoms in total. The van der Waals surface area contributed by atoms with E-state index < -0.39 is 41.9 Å². The molecule has 1 fully saturated rings. The van der Waals surface area contributed by atoms with Crippen molar-refractivity contribution in [3.63, 3.8) is 0 Å². The van der Waals surface area contributed by atoms with Crippen molar-refractivity contribution in [2.75, 3.05) is 52.4 Å². The number of hydrogen-bond donors (Lipinski definition) is 3. The summed E-state index contributed by atoms with van der Waals surface area (Å²) in [7, 11) is 0. The van der Waals surface area contributed by atoms with Gasteiger partial charge in [-0.1, -0.05) is 0 Å². The molecule has 1 aromatic rings. The molecular formula is C23H36FN5O6. The van der Waals surface area contributed by atoms with Crippen molar-refractivity contribution in [3.8, 4) is 0 Å². The van der Waals surface area contributed by atoms with Gasteiger partial charge in [-0.15, -0.1) is 0 Å². The number of pyridine rings is 1. The first-order valence-corrected chi connectivity index (χ1v) is 11.7. The molecule has 3 unspecified atom stereocenters. The Balaban J connectivity index is 2.30. The van der Waals surface area contributed by atoms with E-state index in [9.17, 15) is 34.1 Å². The third-order valence-corrected chi connectivity index (χ3v) is 6.64. The molecule has 0 saturated carbocycles. The zero-order valence-corrected chi connectivity index (χ0v) is 20.5. The number of carbonyl (C=O) groups is 3. The van der Waals surface area contributed by atoms with Gasteiger partial charge in [0.25, 0.3) is 0 Å². The van der Waals surface area contributed by atoms with Crippen molar-refractivity contribution in [3.05, 3.63) is 29.8 Å². The third-order valence-electron chi connectivity index (χ3n) is 6.64. The maximum atomic E-state index is 13.7. The van der Waals surface area contributed by atoms with Crippen LogP contribution in [0.25, 0.3) is 0 Å². The lowest BCUT2D eigenvalue weighted by Gasteiger charge is -2.37. The first-order chi connectivity index (χ1) is 16.5. The normalized spacial score (nSPS) is 20.8. The van der Waals surface area contributed by atoms with E-state index in [0.29, 0.717) is 64.6 Å². The number of halogens is 1. The largest absolute Gasteiger partial charge is 0.480 e. The lowest BCUT2D eigenvalue weighted by molar-refractivity contribution is -0.145. The van der Waals surface area contributed by atoms with Crippen molar-refractivity contribution in [1.29, 1.82) is 0 Å². The second-order valence-corrected chi connectivity index (χ2v) is 8.89. The highest BCUT2D eigenvalue weighted by Crippen LogP contribution is 2.11. The topological polar surface area (TPSA) is 138 Å². The highest BCUT2D eigenvalue weighted by Gasteiger charge is 2.28. The molecule has 12 heteroatoms. The first-order valence-electron chi connectivity index (χ1n) is 11.7. The van der Waals surface area contributed by atoms with Gasteiger partial charge in [-0.25, -0.2) is 4.39 Å². The molecule has 35 heavy (non-hydrogen) atoms. The minimum absolute atomic E-state index is 0.311. The number of carboxylic acid groups (broad SMARTS) is 3. The molecule has 0 amide bonds. The van der Waals surface area contributed by atoms with E-state index in [1.54, 1.807) is 35.5 Å². The zero-order chi connectivity index (χ0) is 26.1. The summed E-state index contributed by atoms with van der Waals surface area (Å²) >= 11 is 0. The van der Waals surface area contributed by atoms with Crippen LogP contribution in [0.2, 0.25) is 0 Å². The number of aromatic nitrogens is 1. The summed E-state index contributed by atoms with van der Waals surface area (Å²) < 4.78 is 13.7. The van der Waals surface area contributed by atoms with Crippen LogP contribution in [0.1, 0.15) is 26.5 Å². The quantitative estimate of drug-likeness (QED) is 0.459. The molecule has 1 aromatic heterocycles. The van der Waals surface area contributed by atoms with Gasteiger partial charge in [0.05, 0.1) is 5.69 Å². The summed E-state index contributed by atoms with van der Waals surface area (Å²) in [6.07, 6.45) is 1.39. The van der Waals surface area contributed by atoms with Crippen LogP contribution in [-0.4, -0.2) is 128 Å². The number of carboxylic acids is 3. The summed E-state index contributed by atoms with van der Waals surface area (Å²) in [5.74, 6) is -3.36. The molecule has 1 saturated heterocycles. The standard InChI is InChI=1S/C23H36FN5O6/c1-16(21(30)31)27-8-6-26(15-20-14-19(24)4-5-25-20)7-9-28(17(2)22(32)33)11-13-29(12-10-27)18(3)23(34)35/h4-5,14,16-18H,6-13,15H2,1-3H3,(H,30,31)(H,32,33)(H,34,35). The summed E-state index contributed by atoms with van der Waals surface area (Å²) in [4.78, 5) is 46.6. The lowest BCUT2D eigenvalue weighted by atomic mass is 10.2. The van der Waals surface area contributed by atoms with E-state index in [-0.39, 0.29) is 0 Å². The Bertz CT molecular complexity index is 839. The minimum Gasteiger partial charge on any atom is -0.480 e. The van der Waals surface area contributed by atoms with Gasteiger partial charge in [-0.2, -0.15) is 0 Å². The summed E-state index contributed by atoms with van der Waals surface area (Å²) in [6, 6.07) is 0.236. The molecule has 2 heterocycles. The lowest BCUT2D eigenvalue weighted by Crippen LogP contribution is -2.53. The van der Waals surface area contributed by atoms with Crippen molar-refractivity contribution in [2.24, 2.45) is 0 Å². The Morgan fingerprint density at radius 2 is 1.17 bits per heavy atom. The molecule has 2 rings (SSSR count). The van der Waals surface area contributed by atoms with Crippen LogP contribution >= 0.6 is 0 Å². The fourth-order valence-electron chi connectivity index (χ4n) is 4.05. The molecule has 0 aliphatic carbocycles. The highest BCUT2D eigenvalue weighted by molar-refractivity contribution is 5.73. The maximum absolute atomic E-state index is 13.7. The molecule has 0 bridgehead atoms. The van der Waals surface area contributed by atoms with Gasteiger partial charge >= 0.3 is 17.9 Å². The first kappa shape index (κ1) is 28.6. The summed E-state index contributed by atoms with van der Waals surface area (Å²) in [6.45, 7) is 8.00. The molecule has 1 aliphatic rings. The van der Waals surface area contributed by atoms with Gasteiger partial charge in [0.15, 0.2) is 0 Å². The van der Waals surface area contributed by atoms with E-state index in [2.05, 4.69) is 4.98 Å². The molecule has 0 aromatic carbocycles. The molecular weight excluding hydrogens is 461 g/mol. The van der Waals surface area contributed by atoms with Crippen LogP contribution in [0, 0.1) is 5.82 Å². The zero-order valence-electron chi connectivity index (χ0n) is 20.5. The van der Waals surface area contributed by atoms with Crippen molar-refractivity contribution < 1.29 is 34.1 Å². The molecule has 3 atom stereocenters. The van der Waals surface area contributed by atoms with E-state index in [1.165, 1.54) is 18.3 Å². The van der Waals surface area contributed by atoms with E-state index in [0.717, 1.165) is 0 Å². The monoisotopic (exact) mass is 497 g/mol. The fraction of sp³-hybridized carbons (Fsp3) is 0.652. The van der Waals surface area contributed by atoms with Gasteiger partial charge in [-0.05, 0) is 32.9 Å². The Morgan fingerprint density at radius 1 is 0.800 bits per heavy atom. The Hall–Kier alpha value is -2.67. The maximum Gasteiger partial charge on any atom is 0.320 e. The molecule has 3 N–H and O–H groups in total. The summed E-state index contributed by atoms with van der Waals surface area (Å²) in [5.41, 5.74) is 0.522. The van der Waals surface area contributed by atoms with Gasteiger partial charge in [0, 0.05) is 65.1 Å². The van der Waals surface area contributed by atoms with Crippen molar-refractivity contribution in [2.45, 2.75) is 45.4 Å². The van der Waals surface area contributed by atoms with E-state index in [1.807, 2.05) is 4.90 Å². The predicted molar refractivity (Wildman–Crippen MR) is 125 cm³/mol. The van der Waals surface area contributed by atoms with Gasteiger partial charge in [-0.3, -0.25) is 39.0 Å². The number of aliphatic carboxylic acids is 3. The van der Waals surface area contributed by atoms with Crippen LogP contribution in [0.15, 0.2) is 18.3 Å². The minimum atomic E-state index is -0.999. The van der Waals surface area contributed by atoms with Gasteiger partial charge in [0.1, 0.15) is 23.9 Å². The third kappa shape index (κ3) is 8.80. The number of hydrogen-bond acceptors (Lipinski definition) is 8. The average molecular weight is 498 g/mol. The fourth-order valence-corrected chi connectivity index (χ4v) is 4.05. The Kier molecular flexibility index (Phi) is 11.0. The van der Waals surface area contributed by atoms with E-state index >= 15 is 0 Å². The second-order valence-electron chi connectivity index (χ2n) is 8.89. The molecule has 196 valence electrons. The average Bonchev–Trinajstić information content (AvgIpc) is 2.79. The van der Waals surface area contributed by atoms with Crippen molar-refractivity contribution in [1.82, 2.24) is 24.6 Å². The summed E-state index contributed by atoms with van der Waals surface area (Å²) in [5, 5.41) is 28.7. The van der Waals surface area contributed by atoms with Crippen LogP contribution in [-0.2, 0) is 20.9 Å². The van der Waals surface area contributed by atoms with Crippen LogP contribution in [0.5, 0.6) is 0 Å². The Morgan fingerprint density at radius 3 is 1.51 bits per heavy atom. The van der Waals surface area contributed by atoms with Gasteiger partial charge < -0.3 is 15.3 Å². The van der Waals surface area contributed by atoms with Crippen LogP contribution in [0.4, 0.5) is 4.39 Å². The second kappa shape index (κ2) is 13.4. The molecule has 1 aliphatic heterocycles. The van der Waals surface area contributed by atoms with E-state index in [4.69, 9.17) is 0 Å². The van der Waals surface area contributed by atoms with Gasteiger partial charge in [0.2, 0.25) is 0 Å². The Labute approximate surface area is 204 Å². The smallest absolute Gasteiger partial charge is 0.320 e. The van der Waals surface area contributed by atoms with Crippen LogP contribution in [0.3, 0.4) is 0 Å². The predicted octanol–water partition coefficient (Wildman–Crippen LogP) is 0.362. The molecule has 0 radical (unpaired) electrons. The SMILES string of the molecule is CC(C(=O)O)N1CCN(Cc2cc(F)ccn2)CCN(C(C)C(=O)O)CCN(C(C)C(=O)O)CC1. The molecule has 0 spiro atoms. The van der Waals surface area contributed by atoms with Crippen LogP contribution < -0.4 is 0 Å². The number of nitrogens with zero attached hydrogens (tertiary/aromatic N) is 5. The van der Waals surface area contributed by atoms with Crippen molar-refractivity contribution >= 4 is 17.9 Å². The highest BCUT2D eigenvalue weighted by atomic mass is 19.1. The number of rotatable bonds is 8.